The highest BCUT2D eigenvalue weighted by Gasteiger charge is 2.46. The van der Waals surface area contributed by atoms with E-state index in [-0.39, 0.29) is 17.0 Å². The van der Waals surface area contributed by atoms with Crippen molar-refractivity contribution >= 4 is 29.2 Å². The molecule has 1 fully saturated rings. The van der Waals surface area contributed by atoms with Gasteiger partial charge in [0.25, 0.3) is 5.91 Å². The van der Waals surface area contributed by atoms with E-state index in [0.29, 0.717) is 12.4 Å². The maximum Gasteiger partial charge on any atom is 0.490 e. The monoisotopic (exact) mass is 617 g/mol. The number of hydrogen-bond acceptors (Lipinski definition) is 9. The molecule has 0 aromatic carbocycles. The number of thiazole rings is 1. The Labute approximate surface area is 234 Å². The maximum absolute atomic E-state index is 12.7. The van der Waals surface area contributed by atoms with Crippen LogP contribution in [0.4, 0.5) is 26.3 Å². The molecule has 2 aromatic rings. The van der Waals surface area contributed by atoms with E-state index in [9.17, 15) is 31.1 Å². The molecule has 1 unspecified atom stereocenters. The molecule has 0 saturated carbocycles. The molecule has 19 heteroatoms. The molecule has 2 aliphatic rings. The van der Waals surface area contributed by atoms with Gasteiger partial charge in [-0.25, -0.2) is 14.6 Å². The number of likely N-dealkylation sites (tertiary alicyclic amines) is 1. The molecule has 1 atom stereocenters. The van der Waals surface area contributed by atoms with Gasteiger partial charge in [0.2, 0.25) is 5.82 Å². The molecule has 2 aromatic heterocycles. The van der Waals surface area contributed by atoms with Gasteiger partial charge in [-0.15, -0.1) is 21.5 Å². The van der Waals surface area contributed by atoms with Gasteiger partial charge in [-0.05, 0) is 34.2 Å². The third-order valence-corrected chi connectivity index (χ3v) is 6.66. The number of rotatable bonds is 3. The average molecular weight is 618 g/mol. The number of likely N-dealkylation sites (N-methyl/N-ethyl adjacent to an activating group) is 1. The minimum Gasteiger partial charge on any atom is -0.475 e. The quantitative estimate of drug-likeness (QED) is 0.438. The van der Waals surface area contributed by atoms with Gasteiger partial charge >= 0.3 is 24.3 Å². The Balaban J connectivity index is 0.000000349. The van der Waals surface area contributed by atoms with Crippen molar-refractivity contribution in [3.05, 3.63) is 28.2 Å². The third-order valence-electron chi connectivity index (χ3n) is 5.90. The lowest BCUT2D eigenvalue weighted by atomic mass is 9.94. The van der Waals surface area contributed by atoms with Crippen molar-refractivity contribution in [1.82, 2.24) is 34.9 Å². The van der Waals surface area contributed by atoms with Crippen LogP contribution in [0.5, 0.6) is 0 Å². The molecule has 12 nitrogen and oxygen atoms in total. The van der Waals surface area contributed by atoms with Crippen molar-refractivity contribution in [3.8, 4) is 0 Å². The Morgan fingerprint density at radius 1 is 1.02 bits per heavy atom. The van der Waals surface area contributed by atoms with Gasteiger partial charge < -0.3 is 20.1 Å². The summed E-state index contributed by atoms with van der Waals surface area (Å²) in [5, 5.41) is 28.9. The number of carbonyl (C=O) groups is 3. The number of fused-ring (bicyclic) bond motifs is 1. The standard InChI is InChI=1S/C18H27N7OS.2C2HF3O2/c1-17(2,3)20-16(26)15-22-21-13-9-23(4)18(12-25(13)15)5-7-24(11-18)10-14-19-6-8-27-14;2*3-2(4,5)1(6)7/h6,8H,5,7,9-12H2,1-4H3,(H,20,26);2*(H,6,7). The second kappa shape index (κ2) is 12.7. The van der Waals surface area contributed by atoms with E-state index in [0.717, 1.165) is 43.4 Å². The van der Waals surface area contributed by atoms with E-state index in [1.165, 1.54) is 0 Å². The van der Waals surface area contributed by atoms with Crippen molar-refractivity contribution in [3.63, 3.8) is 0 Å². The number of halogens is 6. The summed E-state index contributed by atoms with van der Waals surface area (Å²) < 4.78 is 65.5. The van der Waals surface area contributed by atoms with Crippen molar-refractivity contribution in [2.75, 3.05) is 20.1 Å². The second-order valence-electron chi connectivity index (χ2n) is 10.3. The van der Waals surface area contributed by atoms with Crippen molar-refractivity contribution < 1.29 is 50.9 Å². The molecule has 230 valence electrons. The molecule has 2 aliphatic heterocycles. The fourth-order valence-electron chi connectivity index (χ4n) is 4.02. The first kappa shape index (κ1) is 33.9. The lowest BCUT2D eigenvalue weighted by Gasteiger charge is -2.42. The van der Waals surface area contributed by atoms with Crippen LogP contribution in [0.2, 0.25) is 0 Å². The van der Waals surface area contributed by atoms with E-state index < -0.39 is 24.3 Å². The van der Waals surface area contributed by atoms with Crippen LogP contribution in [-0.4, -0.2) is 101 Å². The number of nitrogens with zero attached hydrogens (tertiary/aromatic N) is 6. The number of aromatic nitrogens is 4. The molecule has 1 spiro atoms. The average Bonchev–Trinajstić information content (AvgIpc) is 3.54. The number of carboxylic acid groups (broad SMARTS) is 2. The highest BCUT2D eigenvalue weighted by Crippen LogP contribution is 2.34. The number of aliphatic carboxylic acids is 2. The summed E-state index contributed by atoms with van der Waals surface area (Å²) in [6.45, 7) is 10.3. The van der Waals surface area contributed by atoms with Crippen molar-refractivity contribution in [1.29, 1.82) is 0 Å². The van der Waals surface area contributed by atoms with E-state index in [2.05, 4.69) is 37.3 Å². The number of carbonyl (C=O) groups excluding carboxylic acids is 1. The van der Waals surface area contributed by atoms with Crippen molar-refractivity contribution in [2.45, 2.75) is 70.3 Å². The molecule has 4 heterocycles. The molecule has 1 saturated heterocycles. The zero-order valence-corrected chi connectivity index (χ0v) is 23.2. The predicted octanol–water partition coefficient (Wildman–Crippen LogP) is 2.62. The molecular weight excluding hydrogens is 588 g/mol. The molecule has 41 heavy (non-hydrogen) atoms. The summed E-state index contributed by atoms with van der Waals surface area (Å²) >= 11 is 1.70. The Bertz CT molecular complexity index is 1190. The molecular formula is C22H29F6N7O5S. The van der Waals surface area contributed by atoms with Crippen molar-refractivity contribution in [2.24, 2.45) is 0 Å². The third kappa shape index (κ3) is 9.63. The van der Waals surface area contributed by atoms with Gasteiger partial charge in [0.15, 0.2) is 0 Å². The largest absolute Gasteiger partial charge is 0.490 e. The highest BCUT2D eigenvalue weighted by atomic mass is 32.1. The van der Waals surface area contributed by atoms with Crippen LogP contribution in [0.3, 0.4) is 0 Å². The fraction of sp³-hybridized carbons (Fsp3) is 0.636. The van der Waals surface area contributed by atoms with Gasteiger partial charge in [0.1, 0.15) is 10.8 Å². The van der Waals surface area contributed by atoms with Crippen LogP contribution in [-0.2, 0) is 29.2 Å². The number of nitrogens with one attached hydrogen (secondary N) is 1. The van der Waals surface area contributed by atoms with Gasteiger partial charge in [-0.2, -0.15) is 26.3 Å². The minimum atomic E-state index is -5.08. The van der Waals surface area contributed by atoms with E-state index in [1.807, 2.05) is 36.9 Å². The zero-order chi connectivity index (χ0) is 31.4. The molecule has 0 bridgehead atoms. The van der Waals surface area contributed by atoms with Gasteiger partial charge in [-0.3, -0.25) is 14.6 Å². The van der Waals surface area contributed by atoms with Crippen LogP contribution in [0.1, 0.15) is 48.6 Å². The predicted molar refractivity (Wildman–Crippen MR) is 131 cm³/mol. The summed E-state index contributed by atoms with van der Waals surface area (Å²) in [6.07, 6.45) is -7.24. The van der Waals surface area contributed by atoms with Gasteiger partial charge in [0.05, 0.1) is 18.6 Å². The number of amides is 1. The van der Waals surface area contributed by atoms with Crippen LogP contribution in [0.15, 0.2) is 11.6 Å². The second-order valence-corrected chi connectivity index (χ2v) is 11.3. The van der Waals surface area contributed by atoms with Gasteiger partial charge in [-0.1, -0.05) is 0 Å². The van der Waals surface area contributed by atoms with Crippen LogP contribution in [0, 0.1) is 0 Å². The SMILES string of the molecule is CN1Cc2nnc(C(=O)NC(C)(C)C)n2CC12CCN(Cc1nccs1)C2.O=C(O)C(F)(F)F.O=C(O)C(F)(F)F. The molecule has 0 radical (unpaired) electrons. The first-order valence-corrected chi connectivity index (χ1v) is 12.7. The van der Waals surface area contributed by atoms with Gasteiger partial charge in [0, 0.05) is 36.8 Å². The fourth-order valence-corrected chi connectivity index (χ4v) is 4.67. The van der Waals surface area contributed by atoms with E-state index in [4.69, 9.17) is 19.8 Å². The smallest absolute Gasteiger partial charge is 0.475 e. The summed E-state index contributed by atoms with van der Waals surface area (Å²) in [6, 6.07) is 0. The van der Waals surface area contributed by atoms with Crippen LogP contribution >= 0.6 is 11.3 Å². The minimum absolute atomic E-state index is 0.00338. The summed E-state index contributed by atoms with van der Waals surface area (Å²) in [7, 11) is 2.15. The molecule has 1 amide bonds. The zero-order valence-electron chi connectivity index (χ0n) is 22.4. The summed E-state index contributed by atoms with van der Waals surface area (Å²) in [4.78, 5) is 39.7. The molecule has 3 N–H and O–H groups in total. The van der Waals surface area contributed by atoms with Crippen LogP contribution in [0.25, 0.3) is 0 Å². The Morgan fingerprint density at radius 3 is 2.05 bits per heavy atom. The number of hydrogen-bond donors (Lipinski definition) is 3. The summed E-state index contributed by atoms with van der Waals surface area (Å²) in [5.41, 5.74) is -0.298. The summed E-state index contributed by atoms with van der Waals surface area (Å²) in [5.74, 6) is -4.38. The number of carboxylic acids is 2. The van der Waals surface area contributed by atoms with Crippen LogP contribution < -0.4 is 5.32 Å². The lowest BCUT2D eigenvalue weighted by Crippen LogP contribution is -2.55. The maximum atomic E-state index is 12.7. The highest BCUT2D eigenvalue weighted by molar-refractivity contribution is 7.09. The Kier molecular flexibility index (Phi) is 10.5. The lowest BCUT2D eigenvalue weighted by molar-refractivity contribution is -0.193. The first-order chi connectivity index (χ1) is 18.6. The topological polar surface area (TPSA) is 154 Å². The molecule has 0 aliphatic carbocycles. The normalized spacial score (nSPS) is 19.5. The van der Waals surface area contributed by atoms with E-state index in [1.54, 1.807) is 11.3 Å². The van der Waals surface area contributed by atoms with E-state index >= 15 is 0 Å². The Morgan fingerprint density at radius 2 is 1.59 bits per heavy atom. The number of alkyl halides is 6. The Hall–Kier alpha value is -3.32. The molecule has 4 rings (SSSR count). The first-order valence-electron chi connectivity index (χ1n) is 11.8.